The van der Waals surface area contributed by atoms with Gasteiger partial charge < -0.3 is 10.0 Å². The van der Waals surface area contributed by atoms with Gasteiger partial charge in [-0.15, -0.1) is 0 Å². The summed E-state index contributed by atoms with van der Waals surface area (Å²) in [6.07, 6.45) is 2.15. The van der Waals surface area contributed by atoms with E-state index in [1.807, 2.05) is 12.1 Å². The van der Waals surface area contributed by atoms with E-state index in [9.17, 15) is 9.50 Å². The molecule has 1 aliphatic rings. The van der Waals surface area contributed by atoms with E-state index in [2.05, 4.69) is 24.0 Å². The number of benzene rings is 2. The maximum atomic E-state index is 13.5. The molecule has 2 nitrogen and oxygen atoms in total. The van der Waals surface area contributed by atoms with Crippen LogP contribution in [0.25, 0.3) is 0 Å². The molecule has 1 atom stereocenters. The molecule has 2 aromatic carbocycles. The molecule has 1 aliphatic heterocycles. The van der Waals surface area contributed by atoms with Gasteiger partial charge in [0, 0.05) is 23.8 Å². The summed E-state index contributed by atoms with van der Waals surface area (Å²) in [5.74, 6) is -0.789. The van der Waals surface area contributed by atoms with Crippen LogP contribution in [0.1, 0.15) is 24.5 Å². The highest BCUT2D eigenvalue weighted by molar-refractivity contribution is 5.57. The number of phenolic OH excluding ortho intramolecular Hbond substituents is 1. The Morgan fingerprint density at radius 2 is 2.00 bits per heavy atom. The molecule has 0 fully saturated rings. The van der Waals surface area contributed by atoms with Crippen molar-refractivity contribution in [3.8, 4) is 5.75 Å². The first-order valence-corrected chi connectivity index (χ1v) is 6.97. The molecule has 20 heavy (non-hydrogen) atoms. The second-order valence-corrected chi connectivity index (χ2v) is 5.39. The van der Waals surface area contributed by atoms with E-state index in [0.29, 0.717) is 18.2 Å². The third kappa shape index (κ3) is 2.24. The van der Waals surface area contributed by atoms with Crippen molar-refractivity contribution in [2.75, 3.05) is 4.90 Å². The first-order chi connectivity index (χ1) is 9.66. The maximum absolute atomic E-state index is 13.5. The summed E-state index contributed by atoms with van der Waals surface area (Å²) in [6, 6.07) is 13.4. The van der Waals surface area contributed by atoms with Crippen molar-refractivity contribution in [3.63, 3.8) is 0 Å². The molecule has 3 heteroatoms. The number of hydrogen-bond donors (Lipinski definition) is 1. The number of rotatable bonds is 2. The first-order valence-electron chi connectivity index (χ1n) is 6.97. The van der Waals surface area contributed by atoms with Gasteiger partial charge >= 0.3 is 0 Å². The van der Waals surface area contributed by atoms with E-state index in [-0.39, 0.29) is 5.75 Å². The quantitative estimate of drug-likeness (QED) is 0.896. The Bertz CT molecular complexity index is 626. The molecule has 1 N–H and O–H groups in total. The third-order valence-electron chi connectivity index (χ3n) is 4.08. The van der Waals surface area contributed by atoms with Gasteiger partial charge in [0.25, 0.3) is 0 Å². The monoisotopic (exact) mass is 271 g/mol. The molecule has 0 radical (unpaired) electrons. The molecule has 104 valence electrons. The highest BCUT2D eigenvalue weighted by atomic mass is 19.1. The van der Waals surface area contributed by atoms with Gasteiger partial charge in [0.1, 0.15) is 0 Å². The van der Waals surface area contributed by atoms with Crippen molar-refractivity contribution in [2.24, 2.45) is 0 Å². The van der Waals surface area contributed by atoms with Crippen LogP contribution in [-0.2, 0) is 13.0 Å². The van der Waals surface area contributed by atoms with Crippen molar-refractivity contribution in [1.29, 1.82) is 0 Å². The number of aromatic hydroxyl groups is 1. The zero-order valence-electron chi connectivity index (χ0n) is 11.5. The fourth-order valence-corrected chi connectivity index (χ4v) is 2.87. The lowest BCUT2D eigenvalue weighted by Crippen LogP contribution is -2.36. The molecule has 0 saturated heterocycles. The van der Waals surface area contributed by atoms with Gasteiger partial charge in [0.05, 0.1) is 0 Å². The van der Waals surface area contributed by atoms with Gasteiger partial charge in [-0.1, -0.05) is 30.3 Å². The highest BCUT2D eigenvalue weighted by Gasteiger charge is 2.23. The molecule has 0 bridgehead atoms. The molecular formula is C17H18FNO. The van der Waals surface area contributed by atoms with Crippen LogP contribution in [0.15, 0.2) is 42.5 Å². The number of para-hydroxylation sites is 2. The molecule has 0 aromatic heterocycles. The first kappa shape index (κ1) is 13.0. The lowest BCUT2D eigenvalue weighted by atomic mass is 9.96. The molecule has 1 heterocycles. The van der Waals surface area contributed by atoms with Crippen LogP contribution >= 0.6 is 0 Å². The normalized spacial score (nSPS) is 17.9. The van der Waals surface area contributed by atoms with Crippen molar-refractivity contribution in [1.82, 2.24) is 0 Å². The van der Waals surface area contributed by atoms with Crippen molar-refractivity contribution in [2.45, 2.75) is 32.4 Å². The number of halogens is 1. The largest absolute Gasteiger partial charge is 0.505 e. The Morgan fingerprint density at radius 1 is 1.20 bits per heavy atom. The van der Waals surface area contributed by atoms with Crippen LogP contribution in [0.5, 0.6) is 5.75 Å². The minimum Gasteiger partial charge on any atom is -0.505 e. The SMILES string of the molecule is CC1CCc2ccccc2N1Cc1cccc(F)c1O. The average Bonchev–Trinajstić information content (AvgIpc) is 2.46. The predicted molar refractivity (Wildman–Crippen MR) is 78.5 cm³/mol. The summed E-state index contributed by atoms with van der Waals surface area (Å²) >= 11 is 0. The summed E-state index contributed by atoms with van der Waals surface area (Å²) in [7, 11) is 0. The third-order valence-corrected chi connectivity index (χ3v) is 4.08. The predicted octanol–water partition coefficient (Wildman–Crippen LogP) is 3.87. The molecule has 0 spiro atoms. The van der Waals surface area contributed by atoms with Gasteiger partial charge in [0.15, 0.2) is 11.6 Å². The van der Waals surface area contributed by atoms with E-state index in [4.69, 9.17) is 0 Å². The Morgan fingerprint density at radius 3 is 2.85 bits per heavy atom. The van der Waals surface area contributed by atoms with Crippen molar-refractivity contribution < 1.29 is 9.50 Å². The molecule has 3 rings (SSSR count). The topological polar surface area (TPSA) is 23.5 Å². The Labute approximate surface area is 118 Å². The molecule has 0 aliphatic carbocycles. The zero-order chi connectivity index (χ0) is 14.1. The summed E-state index contributed by atoms with van der Waals surface area (Å²) < 4.78 is 13.5. The van der Waals surface area contributed by atoms with Crippen molar-refractivity contribution >= 4 is 5.69 Å². The van der Waals surface area contributed by atoms with Gasteiger partial charge in [-0.25, -0.2) is 4.39 Å². The lowest BCUT2D eigenvalue weighted by molar-refractivity contribution is 0.423. The number of phenols is 1. The molecular weight excluding hydrogens is 253 g/mol. The Kier molecular flexibility index (Phi) is 3.35. The zero-order valence-corrected chi connectivity index (χ0v) is 11.5. The van der Waals surface area contributed by atoms with E-state index >= 15 is 0 Å². The summed E-state index contributed by atoms with van der Waals surface area (Å²) in [5.41, 5.74) is 3.14. The van der Waals surface area contributed by atoms with E-state index in [1.165, 1.54) is 17.3 Å². The molecule has 1 unspecified atom stereocenters. The van der Waals surface area contributed by atoms with Gasteiger partial charge in [-0.3, -0.25) is 0 Å². The Balaban J connectivity index is 1.96. The lowest BCUT2D eigenvalue weighted by Gasteiger charge is -2.37. The van der Waals surface area contributed by atoms with Crippen LogP contribution in [0.4, 0.5) is 10.1 Å². The minimum atomic E-state index is -0.555. The standard InChI is InChI=1S/C17H18FNO/c1-12-9-10-13-5-2-3-8-16(13)19(12)11-14-6-4-7-15(18)17(14)20/h2-8,12,20H,9-11H2,1H3. The van der Waals surface area contributed by atoms with Crippen LogP contribution in [-0.4, -0.2) is 11.1 Å². The molecule has 0 saturated carbocycles. The second kappa shape index (κ2) is 5.16. The number of anilines is 1. The maximum Gasteiger partial charge on any atom is 0.165 e. The summed E-state index contributed by atoms with van der Waals surface area (Å²) in [6.45, 7) is 2.70. The summed E-state index contributed by atoms with van der Waals surface area (Å²) in [5, 5.41) is 9.86. The minimum absolute atomic E-state index is 0.234. The average molecular weight is 271 g/mol. The summed E-state index contributed by atoms with van der Waals surface area (Å²) in [4.78, 5) is 2.24. The molecule has 0 amide bonds. The number of hydrogen-bond acceptors (Lipinski definition) is 2. The van der Waals surface area contributed by atoms with Crippen LogP contribution in [0, 0.1) is 5.82 Å². The fraction of sp³-hybridized carbons (Fsp3) is 0.294. The molecule has 2 aromatic rings. The number of aryl methyl sites for hydroxylation is 1. The second-order valence-electron chi connectivity index (χ2n) is 5.39. The van der Waals surface area contributed by atoms with Gasteiger partial charge in [-0.05, 0) is 37.5 Å². The van der Waals surface area contributed by atoms with Crippen LogP contribution in [0.2, 0.25) is 0 Å². The van der Waals surface area contributed by atoms with Crippen LogP contribution < -0.4 is 4.90 Å². The van der Waals surface area contributed by atoms with E-state index in [0.717, 1.165) is 12.8 Å². The smallest absolute Gasteiger partial charge is 0.165 e. The number of nitrogens with zero attached hydrogens (tertiary/aromatic N) is 1. The fourth-order valence-electron chi connectivity index (χ4n) is 2.87. The van der Waals surface area contributed by atoms with Gasteiger partial charge in [0.2, 0.25) is 0 Å². The van der Waals surface area contributed by atoms with E-state index in [1.54, 1.807) is 12.1 Å². The van der Waals surface area contributed by atoms with Crippen molar-refractivity contribution in [3.05, 3.63) is 59.4 Å². The van der Waals surface area contributed by atoms with Gasteiger partial charge in [-0.2, -0.15) is 0 Å². The highest BCUT2D eigenvalue weighted by Crippen LogP contribution is 2.33. The van der Waals surface area contributed by atoms with Crippen LogP contribution in [0.3, 0.4) is 0 Å². The Hall–Kier alpha value is -2.03. The number of fused-ring (bicyclic) bond motifs is 1. The van der Waals surface area contributed by atoms with E-state index < -0.39 is 5.82 Å².